The molecule has 1 unspecified atom stereocenters. The number of nitrogens with zero attached hydrogens (tertiary/aromatic N) is 5. The van der Waals surface area contributed by atoms with Crippen LogP contribution in [0.15, 0.2) is 60.9 Å². The third-order valence-electron chi connectivity index (χ3n) is 7.79. The van der Waals surface area contributed by atoms with E-state index in [-0.39, 0.29) is 37.2 Å². The number of hydrogen-bond donors (Lipinski definition) is 1. The van der Waals surface area contributed by atoms with Gasteiger partial charge < -0.3 is 4.90 Å². The van der Waals surface area contributed by atoms with Crippen molar-refractivity contribution in [3.63, 3.8) is 0 Å². The normalized spacial score (nSPS) is 20.4. The van der Waals surface area contributed by atoms with E-state index in [4.69, 9.17) is 0 Å². The minimum atomic E-state index is -0.714. The first kappa shape index (κ1) is 25.3. The molecule has 0 aliphatic carbocycles. The molecule has 2 saturated heterocycles. The molecule has 2 aromatic heterocycles. The number of fused-ring (bicyclic) bond motifs is 1. The van der Waals surface area contributed by atoms with Crippen molar-refractivity contribution in [2.45, 2.75) is 38.0 Å². The SMILES string of the molecule is O=C1CCC(N2Cc3cc(CN4CCN(C(c5ccccn5)c5ccccn5)CC4)c(F)cc3C2=O)C(=O)N1. The van der Waals surface area contributed by atoms with Crippen LogP contribution in [0.2, 0.25) is 0 Å². The average Bonchev–Trinajstić information content (AvgIpc) is 3.26. The van der Waals surface area contributed by atoms with E-state index < -0.39 is 17.8 Å². The topological polar surface area (TPSA) is 98.7 Å². The molecule has 3 amide bonds. The van der Waals surface area contributed by atoms with Crippen LogP contribution in [-0.4, -0.2) is 74.6 Å². The predicted molar refractivity (Wildman–Crippen MR) is 140 cm³/mol. The van der Waals surface area contributed by atoms with Gasteiger partial charge in [0.25, 0.3) is 5.91 Å². The van der Waals surface area contributed by atoms with Crippen LogP contribution < -0.4 is 5.32 Å². The van der Waals surface area contributed by atoms with Gasteiger partial charge in [0.05, 0.1) is 17.4 Å². The lowest BCUT2D eigenvalue weighted by molar-refractivity contribution is -0.136. The molecule has 2 fully saturated rings. The van der Waals surface area contributed by atoms with Gasteiger partial charge in [0.2, 0.25) is 11.8 Å². The minimum Gasteiger partial charge on any atom is -0.322 e. The van der Waals surface area contributed by atoms with Gasteiger partial charge in [-0.3, -0.25) is 39.5 Å². The number of carbonyl (C=O) groups is 3. The highest BCUT2D eigenvalue weighted by atomic mass is 19.1. The monoisotopic (exact) mass is 528 g/mol. The number of amides is 3. The lowest BCUT2D eigenvalue weighted by Crippen LogP contribution is -2.52. The minimum absolute atomic E-state index is 0.0597. The lowest BCUT2D eigenvalue weighted by Gasteiger charge is -2.39. The summed E-state index contributed by atoms with van der Waals surface area (Å²) in [6.07, 6.45) is 4.06. The molecular weight excluding hydrogens is 499 g/mol. The summed E-state index contributed by atoms with van der Waals surface area (Å²) in [6, 6.07) is 14.1. The Hall–Kier alpha value is -4.02. The molecule has 1 N–H and O–H groups in total. The summed E-state index contributed by atoms with van der Waals surface area (Å²) in [7, 11) is 0. The second kappa shape index (κ2) is 10.6. The highest BCUT2D eigenvalue weighted by Crippen LogP contribution is 2.31. The second-order valence-corrected chi connectivity index (χ2v) is 10.2. The van der Waals surface area contributed by atoms with E-state index in [1.54, 1.807) is 18.5 Å². The zero-order valence-electron chi connectivity index (χ0n) is 21.4. The van der Waals surface area contributed by atoms with Gasteiger partial charge in [0.1, 0.15) is 11.9 Å². The number of hydrogen-bond acceptors (Lipinski definition) is 7. The highest BCUT2D eigenvalue weighted by molar-refractivity contribution is 6.05. The van der Waals surface area contributed by atoms with Crippen LogP contribution in [0, 0.1) is 5.82 Å². The number of pyridine rings is 2. The maximum absolute atomic E-state index is 15.2. The maximum Gasteiger partial charge on any atom is 0.255 e. The summed E-state index contributed by atoms with van der Waals surface area (Å²) in [5, 5.41) is 2.30. The largest absolute Gasteiger partial charge is 0.322 e. The number of piperidine rings is 1. The second-order valence-electron chi connectivity index (χ2n) is 10.2. The van der Waals surface area contributed by atoms with Gasteiger partial charge in [-0.1, -0.05) is 12.1 Å². The quantitative estimate of drug-likeness (QED) is 0.490. The lowest BCUT2D eigenvalue weighted by atomic mass is 10.0. The fourth-order valence-corrected chi connectivity index (χ4v) is 5.78. The van der Waals surface area contributed by atoms with Gasteiger partial charge in [0.15, 0.2) is 0 Å². The summed E-state index contributed by atoms with van der Waals surface area (Å²) >= 11 is 0. The van der Waals surface area contributed by atoms with E-state index in [0.29, 0.717) is 23.2 Å². The molecule has 0 bridgehead atoms. The van der Waals surface area contributed by atoms with Crippen LogP contribution in [0.3, 0.4) is 0 Å². The number of benzene rings is 1. The Kier molecular flexibility index (Phi) is 6.88. The Balaban J connectivity index is 1.14. The Morgan fingerprint density at radius 3 is 2.26 bits per heavy atom. The number of carbonyl (C=O) groups excluding carboxylic acids is 3. The van der Waals surface area contributed by atoms with Crippen molar-refractivity contribution in [3.05, 3.63) is 94.8 Å². The first-order valence-electron chi connectivity index (χ1n) is 13.2. The van der Waals surface area contributed by atoms with Gasteiger partial charge in [-0.25, -0.2) is 4.39 Å². The number of aromatic nitrogens is 2. The molecule has 10 heteroatoms. The third kappa shape index (κ3) is 5.05. The van der Waals surface area contributed by atoms with E-state index in [2.05, 4.69) is 25.1 Å². The van der Waals surface area contributed by atoms with E-state index in [0.717, 1.165) is 37.6 Å². The van der Waals surface area contributed by atoms with Crippen molar-refractivity contribution in [1.82, 2.24) is 30.0 Å². The van der Waals surface area contributed by atoms with Gasteiger partial charge in [-0.15, -0.1) is 0 Å². The molecule has 1 aromatic carbocycles. The van der Waals surface area contributed by atoms with Gasteiger partial charge in [-0.05, 0) is 48.4 Å². The smallest absolute Gasteiger partial charge is 0.255 e. The van der Waals surface area contributed by atoms with Gasteiger partial charge in [-0.2, -0.15) is 0 Å². The Labute approximate surface area is 225 Å². The summed E-state index contributed by atoms with van der Waals surface area (Å²) in [5.41, 5.74) is 3.43. The van der Waals surface area contributed by atoms with Crippen LogP contribution in [0.1, 0.15) is 51.8 Å². The highest BCUT2D eigenvalue weighted by Gasteiger charge is 2.39. The average molecular weight is 529 g/mol. The number of nitrogens with one attached hydrogen (secondary N) is 1. The molecule has 0 spiro atoms. The predicted octanol–water partition coefficient (Wildman–Crippen LogP) is 2.28. The molecule has 1 atom stereocenters. The molecule has 39 heavy (non-hydrogen) atoms. The fraction of sp³-hybridized carbons (Fsp3) is 0.345. The van der Waals surface area contributed by atoms with Crippen molar-refractivity contribution in [1.29, 1.82) is 0 Å². The van der Waals surface area contributed by atoms with E-state index in [9.17, 15) is 14.4 Å². The standard InChI is InChI=1S/C29H29FN6O3/c30-22-16-21-19(18-36(29(21)39)25-7-8-26(37)33-28(25)38)15-20(22)17-34-11-13-35(14-12-34)27(23-5-1-3-9-31-23)24-6-2-4-10-32-24/h1-6,9-10,15-16,25,27H,7-8,11-14,17-18H2,(H,33,37,38). The van der Waals surface area contributed by atoms with Crippen LogP contribution >= 0.6 is 0 Å². The van der Waals surface area contributed by atoms with Crippen LogP contribution in [0.5, 0.6) is 0 Å². The third-order valence-corrected chi connectivity index (χ3v) is 7.79. The van der Waals surface area contributed by atoms with Crippen molar-refractivity contribution in [2.24, 2.45) is 0 Å². The first-order valence-corrected chi connectivity index (χ1v) is 13.2. The van der Waals surface area contributed by atoms with Crippen LogP contribution in [-0.2, 0) is 22.7 Å². The molecule has 5 heterocycles. The Bertz CT molecular complexity index is 1360. The molecule has 6 rings (SSSR count). The fourth-order valence-electron chi connectivity index (χ4n) is 5.78. The molecular formula is C29H29FN6O3. The first-order chi connectivity index (χ1) is 19.0. The van der Waals surface area contributed by atoms with Crippen molar-refractivity contribution < 1.29 is 18.8 Å². The van der Waals surface area contributed by atoms with Gasteiger partial charge in [0, 0.05) is 69.2 Å². The van der Waals surface area contributed by atoms with Gasteiger partial charge >= 0.3 is 0 Å². The number of halogens is 1. The van der Waals surface area contributed by atoms with Crippen LogP contribution in [0.25, 0.3) is 0 Å². The molecule has 3 aromatic rings. The van der Waals surface area contributed by atoms with Crippen molar-refractivity contribution in [2.75, 3.05) is 26.2 Å². The Morgan fingerprint density at radius 2 is 1.64 bits per heavy atom. The van der Waals surface area contributed by atoms with Crippen molar-refractivity contribution in [3.8, 4) is 0 Å². The van der Waals surface area contributed by atoms with E-state index in [1.807, 2.05) is 36.4 Å². The van der Waals surface area contributed by atoms with Crippen LogP contribution in [0.4, 0.5) is 4.39 Å². The molecule has 0 saturated carbocycles. The summed E-state index contributed by atoms with van der Waals surface area (Å²) in [6.45, 7) is 3.69. The zero-order valence-corrected chi connectivity index (χ0v) is 21.4. The number of imide groups is 1. The zero-order chi connectivity index (χ0) is 26.9. The Morgan fingerprint density at radius 1 is 0.949 bits per heavy atom. The van der Waals surface area contributed by atoms with E-state index in [1.165, 1.54) is 11.0 Å². The number of rotatable bonds is 6. The summed E-state index contributed by atoms with van der Waals surface area (Å²) in [4.78, 5) is 52.0. The number of piperazine rings is 1. The summed E-state index contributed by atoms with van der Waals surface area (Å²) in [5.74, 6) is -1.59. The summed E-state index contributed by atoms with van der Waals surface area (Å²) < 4.78 is 15.2. The molecule has 200 valence electrons. The molecule has 3 aliphatic heterocycles. The molecule has 3 aliphatic rings. The molecule has 0 radical (unpaired) electrons. The van der Waals surface area contributed by atoms with Crippen molar-refractivity contribution >= 4 is 17.7 Å². The van der Waals surface area contributed by atoms with E-state index >= 15 is 4.39 Å². The maximum atomic E-state index is 15.2. The molecule has 9 nitrogen and oxygen atoms in total.